The van der Waals surface area contributed by atoms with Crippen molar-refractivity contribution in [3.8, 4) is 0 Å². The van der Waals surface area contributed by atoms with E-state index in [0.29, 0.717) is 6.42 Å². The van der Waals surface area contributed by atoms with Gasteiger partial charge in [0.15, 0.2) is 0 Å². The average Bonchev–Trinajstić information content (AvgIpc) is 2.58. The summed E-state index contributed by atoms with van der Waals surface area (Å²) >= 11 is 0. The number of hydrogen-bond acceptors (Lipinski definition) is 5. The van der Waals surface area contributed by atoms with Crippen LogP contribution in [0.4, 0.5) is 4.79 Å². The number of carbonyl (C=O) groups is 3. The maximum atomic E-state index is 13.1. The summed E-state index contributed by atoms with van der Waals surface area (Å²) in [4.78, 5) is 38.1. The molecule has 174 valence electrons. The van der Waals surface area contributed by atoms with Crippen LogP contribution in [0.25, 0.3) is 0 Å². The minimum atomic E-state index is -0.908. The SMILES string of the molecule is CC(C)C[C@H](NC(=O)[C@H](Cc1ccccc1)NC(=O)OC(C)(C)C)C(=O)OC(C)(C)C. The lowest BCUT2D eigenvalue weighted by molar-refractivity contribution is -0.159. The molecule has 0 aliphatic heterocycles. The van der Waals surface area contributed by atoms with Gasteiger partial charge in [-0.1, -0.05) is 44.2 Å². The van der Waals surface area contributed by atoms with Crippen molar-refractivity contribution in [2.24, 2.45) is 5.92 Å². The number of carbonyl (C=O) groups excluding carboxylic acids is 3. The van der Waals surface area contributed by atoms with Gasteiger partial charge in [0.05, 0.1) is 0 Å². The van der Waals surface area contributed by atoms with Crippen molar-refractivity contribution in [1.82, 2.24) is 10.6 Å². The molecule has 2 amide bonds. The Hall–Kier alpha value is -2.57. The summed E-state index contributed by atoms with van der Waals surface area (Å²) in [7, 11) is 0. The van der Waals surface area contributed by atoms with Gasteiger partial charge in [0, 0.05) is 6.42 Å². The lowest BCUT2D eigenvalue weighted by Gasteiger charge is -2.28. The quantitative estimate of drug-likeness (QED) is 0.603. The van der Waals surface area contributed by atoms with Gasteiger partial charge in [-0.2, -0.15) is 0 Å². The molecule has 0 radical (unpaired) electrons. The van der Waals surface area contributed by atoms with E-state index in [-0.39, 0.29) is 12.3 Å². The molecule has 0 aliphatic rings. The molecule has 31 heavy (non-hydrogen) atoms. The second-order valence-electron chi connectivity index (χ2n) is 10.1. The third-order valence-electron chi connectivity index (χ3n) is 4.00. The van der Waals surface area contributed by atoms with Crippen molar-refractivity contribution in [1.29, 1.82) is 0 Å². The molecule has 1 aromatic carbocycles. The summed E-state index contributed by atoms with van der Waals surface area (Å²) in [5.74, 6) is -0.805. The molecule has 1 rings (SSSR count). The fourth-order valence-corrected chi connectivity index (χ4v) is 2.84. The molecule has 1 aromatic rings. The molecule has 0 fully saturated rings. The predicted octanol–water partition coefficient (Wildman–Crippen LogP) is 4.00. The van der Waals surface area contributed by atoms with Gasteiger partial charge in [0.2, 0.25) is 5.91 Å². The zero-order chi connectivity index (χ0) is 23.8. The molecular formula is C24H38N2O5. The molecule has 0 unspecified atom stereocenters. The van der Waals surface area contributed by atoms with Crippen LogP contribution in [-0.2, 0) is 25.5 Å². The minimum Gasteiger partial charge on any atom is -0.458 e. The number of ether oxygens (including phenoxy) is 2. The van der Waals surface area contributed by atoms with E-state index in [1.807, 2.05) is 44.2 Å². The van der Waals surface area contributed by atoms with E-state index in [0.717, 1.165) is 5.56 Å². The van der Waals surface area contributed by atoms with Crippen molar-refractivity contribution in [3.05, 3.63) is 35.9 Å². The zero-order valence-corrected chi connectivity index (χ0v) is 20.1. The van der Waals surface area contributed by atoms with Crippen LogP contribution in [0.2, 0.25) is 0 Å². The van der Waals surface area contributed by atoms with E-state index in [2.05, 4.69) is 10.6 Å². The molecular weight excluding hydrogens is 396 g/mol. The second-order valence-corrected chi connectivity index (χ2v) is 10.1. The lowest BCUT2D eigenvalue weighted by Crippen LogP contribution is -2.54. The highest BCUT2D eigenvalue weighted by atomic mass is 16.6. The van der Waals surface area contributed by atoms with Gasteiger partial charge in [-0.3, -0.25) is 4.79 Å². The van der Waals surface area contributed by atoms with Crippen LogP contribution in [0.1, 0.15) is 67.4 Å². The molecule has 2 N–H and O–H groups in total. The Morgan fingerprint density at radius 1 is 0.839 bits per heavy atom. The van der Waals surface area contributed by atoms with Gasteiger partial charge in [0.1, 0.15) is 23.3 Å². The van der Waals surface area contributed by atoms with Gasteiger partial charge < -0.3 is 20.1 Å². The van der Waals surface area contributed by atoms with Gasteiger partial charge in [0.25, 0.3) is 0 Å². The molecule has 0 saturated heterocycles. The normalized spacial score (nSPS) is 13.8. The summed E-state index contributed by atoms with van der Waals surface area (Å²) in [6.07, 6.45) is -0.0129. The number of alkyl carbamates (subject to hydrolysis) is 1. The first-order valence-electron chi connectivity index (χ1n) is 10.7. The number of rotatable bonds is 8. The first kappa shape index (κ1) is 26.5. The second kappa shape index (κ2) is 11.2. The largest absolute Gasteiger partial charge is 0.458 e. The first-order valence-corrected chi connectivity index (χ1v) is 10.7. The fraction of sp³-hybridized carbons (Fsp3) is 0.625. The Morgan fingerprint density at radius 3 is 1.87 bits per heavy atom. The Bertz CT molecular complexity index is 733. The number of nitrogens with one attached hydrogen (secondary N) is 2. The smallest absolute Gasteiger partial charge is 0.408 e. The van der Waals surface area contributed by atoms with Crippen molar-refractivity contribution in [3.63, 3.8) is 0 Å². The third kappa shape index (κ3) is 11.4. The topological polar surface area (TPSA) is 93.7 Å². The van der Waals surface area contributed by atoms with Crippen LogP contribution in [0.15, 0.2) is 30.3 Å². The van der Waals surface area contributed by atoms with Crippen LogP contribution >= 0.6 is 0 Å². The maximum absolute atomic E-state index is 13.1. The van der Waals surface area contributed by atoms with E-state index >= 15 is 0 Å². The molecule has 0 saturated carbocycles. The Kier molecular flexibility index (Phi) is 9.53. The average molecular weight is 435 g/mol. The van der Waals surface area contributed by atoms with E-state index in [1.165, 1.54) is 0 Å². The summed E-state index contributed by atoms with van der Waals surface area (Å²) in [6, 6.07) is 7.62. The highest BCUT2D eigenvalue weighted by Gasteiger charge is 2.31. The van der Waals surface area contributed by atoms with Crippen LogP contribution in [0.5, 0.6) is 0 Å². The van der Waals surface area contributed by atoms with Crippen LogP contribution in [0.3, 0.4) is 0 Å². The molecule has 7 heteroatoms. The number of esters is 1. The third-order valence-corrected chi connectivity index (χ3v) is 4.00. The van der Waals surface area contributed by atoms with Gasteiger partial charge in [-0.15, -0.1) is 0 Å². The lowest BCUT2D eigenvalue weighted by atomic mass is 10.0. The molecule has 0 aliphatic carbocycles. The highest BCUT2D eigenvalue weighted by molar-refractivity contribution is 5.90. The molecule has 2 atom stereocenters. The van der Waals surface area contributed by atoms with E-state index in [4.69, 9.17) is 9.47 Å². The summed E-state index contributed by atoms with van der Waals surface area (Å²) in [5.41, 5.74) is -0.500. The first-order chi connectivity index (χ1) is 14.2. The van der Waals surface area contributed by atoms with Crippen LogP contribution < -0.4 is 10.6 Å². The monoisotopic (exact) mass is 434 g/mol. The molecule has 0 bridgehead atoms. The van der Waals surface area contributed by atoms with E-state index < -0.39 is 41.3 Å². The molecule has 0 spiro atoms. The van der Waals surface area contributed by atoms with Crippen LogP contribution in [-0.4, -0.2) is 41.3 Å². The Balaban J connectivity index is 3.03. The van der Waals surface area contributed by atoms with E-state index in [9.17, 15) is 14.4 Å². The minimum absolute atomic E-state index is 0.157. The Morgan fingerprint density at radius 2 is 1.39 bits per heavy atom. The molecule has 0 aromatic heterocycles. The number of benzene rings is 1. The standard InChI is InChI=1S/C24H38N2O5/c1-16(2)14-19(21(28)30-23(3,4)5)25-20(27)18(15-17-12-10-9-11-13-17)26-22(29)31-24(6,7)8/h9-13,16,18-19H,14-15H2,1-8H3,(H,25,27)(H,26,29)/t18-,19-/m0/s1. The van der Waals surface area contributed by atoms with Crippen molar-refractivity contribution >= 4 is 18.0 Å². The van der Waals surface area contributed by atoms with Gasteiger partial charge in [-0.05, 0) is 59.4 Å². The fourth-order valence-electron chi connectivity index (χ4n) is 2.84. The predicted molar refractivity (Wildman–Crippen MR) is 121 cm³/mol. The summed E-state index contributed by atoms with van der Waals surface area (Å²) in [5, 5.41) is 5.42. The van der Waals surface area contributed by atoms with E-state index in [1.54, 1.807) is 41.5 Å². The summed E-state index contributed by atoms with van der Waals surface area (Å²) in [6.45, 7) is 14.5. The van der Waals surface area contributed by atoms with Crippen molar-refractivity contribution in [2.45, 2.75) is 91.5 Å². The van der Waals surface area contributed by atoms with Crippen LogP contribution in [0, 0.1) is 5.92 Å². The van der Waals surface area contributed by atoms with Gasteiger partial charge in [-0.25, -0.2) is 9.59 Å². The van der Waals surface area contributed by atoms with Gasteiger partial charge >= 0.3 is 12.1 Å². The van der Waals surface area contributed by atoms with Crippen molar-refractivity contribution in [2.75, 3.05) is 0 Å². The Labute approximate surface area is 186 Å². The highest BCUT2D eigenvalue weighted by Crippen LogP contribution is 2.14. The zero-order valence-electron chi connectivity index (χ0n) is 20.1. The maximum Gasteiger partial charge on any atom is 0.408 e. The number of amides is 2. The number of hydrogen-bond donors (Lipinski definition) is 2. The summed E-state index contributed by atoms with van der Waals surface area (Å²) < 4.78 is 10.8. The van der Waals surface area contributed by atoms with Crippen molar-refractivity contribution < 1.29 is 23.9 Å². The molecule has 7 nitrogen and oxygen atoms in total. The molecule has 0 heterocycles.